The molecule has 0 heterocycles. The lowest BCUT2D eigenvalue weighted by atomic mass is 10.1. The Kier molecular flexibility index (Phi) is 5.36. The predicted octanol–water partition coefficient (Wildman–Crippen LogP) is 2.31. The summed E-state index contributed by atoms with van der Waals surface area (Å²) in [6, 6.07) is 6.76. The van der Waals surface area contributed by atoms with Crippen molar-refractivity contribution < 1.29 is 9.59 Å². The summed E-state index contributed by atoms with van der Waals surface area (Å²) in [7, 11) is 3.36. The Morgan fingerprint density at radius 2 is 1.89 bits per heavy atom. The van der Waals surface area contributed by atoms with Crippen LogP contribution in [0.25, 0.3) is 0 Å². The number of carbonyl (C=O) groups is 2. The van der Waals surface area contributed by atoms with Gasteiger partial charge in [0.2, 0.25) is 0 Å². The second kappa shape index (κ2) is 6.78. The molecule has 0 bridgehead atoms. The molecule has 0 radical (unpaired) electrons. The molecular formula is C14H21N3O2. The molecule has 0 saturated carbocycles. The molecule has 0 fully saturated rings. The fraction of sp³-hybridized carbons (Fsp3) is 0.429. The van der Waals surface area contributed by atoms with Crippen LogP contribution in [0.3, 0.4) is 0 Å². The van der Waals surface area contributed by atoms with Crippen molar-refractivity contribution in [2.45, 2.75) is 26.3 Å². The van der Waals surface area contributed by atoms with Gasteiger partial charge < -0.3 is 15.5 Å². The van der Waals surface area contributed by atoms with Gasteiger partial charge in [0.1, 0.15) is 0 Å². The quantitative estimate of drug-likeness (QED) is 0.875. The van der Waals surface area contributed by atoms with E-state index in [9.17, 15) is 9.59 Å². The Morgan fingerprint density at radius 3 is 2.47 bits per heavy atom. The van der Waals surface area contributed by atoms with Crippen molar-refractivity contribution in [3.63, 3.8) is 0 Å². The minimum Gasteiger partial charge on any atom is -0.345 e. The van der Waals surface area contributed by atoms with Crippen LogP contribution in [0.4, 0.5) is 10.5 Å². The van der Waals surface area contributed by atoms with Crippen molar-refractivity contribution in [1.29, 1.82) is 0 Å². The van der Waals surface area contributed by atoms with Crippen LogP contribution in [0.2, 0.25) is 0 Å². The van der Waals surface area contributed by atoms with Crippen LogP contribution in [0.5, 0.6) is 0 Å². The van der Waals surface area contributed by atoms with Crippen molar-refractivity contribution in [2.75, 3.05) is 19.4 Å². The monoisotopic (exact) mass is 263 g/mol. The lowest BCUT2D eigenvalue weighted by Gasteiger charge is -2.16. The number of benzene rings is 1. The Labute approximate surface area is 114 Å². The van der Waals surface area contributed by atoms with E-state index in [4.69, 9.17) is 0 Å². The van der Waals surface area contributed by atoms with E-state index in [0.717, 1.165) is 6.42 Å². The molecule has 1 aromatic carbocycles. The van der Waals surface area contributed by atoms with Crippen LogP contribution >= 0.6 is 0 Å². The van der Waals surface area contributed by atoms with E-state index in [1.807, 2.05) is 13.8 Å². The minimum atomic E-state index is -0.298. The third-order valence-electron chi connectivity index (χ3n) is 2.80. The topological polar surface area (TPSA) is 61.4 Å². The van der Waals surface area contributed by atoms with Gasteiger partial charge in [0.05, 0.1) is 11.3 Å². The number of nitrogens with one attached hydrogen (secondary N) is 2. The third kappa shape index (κ3) is 4.28. The number of anilines is 1. The number of amides is 3. The number of hydrogen-bond acceptors (Lipinski definition) is 2. The molecule has 3 amide bonds. The van der Waals surface area contributed by atoms with Crippen molar-refractivity contribution >= 4 is 17.6 Å². The fourth-order valence-electron chi connectivity index (χ4n) is 1.50. The maximum atomic E-state index is 12.0. The highest BCUT2D eigenvalue weighted by molar-refractivity contribution is 6.03. The molecule has 1 atom stereocenters. The highest BCUT2D eigenvalue weighted by Crippen LogP contribution is 2.16. The molecule has 5 heteroatoms. The Balaban J connectivity index is 2.84. The normalized spacial score (nSPS) is 11.6. The van der Waals surface area contributed by atoms with Gasteiger partial charge in [-0.15, -0.1) is 0 Å². The van der Waals surface area contributed by atoms with Gasteiger partial charge in [0.25, 0.3) is 5.91 Å². The van der Waals surface area contributed by atoms with Crippen molar-refractivity contribution in [3.05, 3.63) is 29.8 Å². The summed E-state index contributed by atoms with van der Waals surface area (Å²) in [6.45, 7) is 3.92. The van der Waals surface area contributed by atoms with Crippen LogP contribution in [-0.4, -0.2) is 37.0 Å². The lowest BCUT2D eigenvalue weighted by molar-refractivity contribution is 0.0828. The van der Waals surface area contributed by atoms with Gasteiger partial charge in [-0.3, -0.25) is 4.79 Å². The van der Waals surface area contributed by atoms with Crippen molar-refractivity contribution in [1.82, 2.24) is 10.2 Å². The number of para-hydroxylation sites is 1. The summed E-state index contributed by atoms with van der Waals surface area (Å²) in [5.41, 5.74) is 0.994. The lowest BCUT2D eigenvalue weighted by Crippen LogP contribution is -2.36. The van der Waals surface area contributed by atoms with Gasteiger partial charge in [0, 0.05) is 20.1 Å². The second-order valence-corrected chi connectivity index (χ2v) is 4.65. The number of rotatable bonds is 4. The van der Waals surface area contributed by atoms with Gasteiger partial charge in [-0.05, 0) is 25.5 Å². The molecule has 0 aliphatic heterocycles. The van der Waals surface area contributed by atoms with E-state index in [-0.39, 0.29) is 18.0 Å². The first kappa shape index (κ1) is 15.0. The molecule has 0 aromatic heterocycles. The van der Waals surface area contributed by atoms with E-state index < -0.39 is 0 Å². The molecule has 104 valence electrons. The number of hydrogen-bond donors (Lipinski definition) is 2. The zero-order chi connectivity index (χ0) is 14.4. The highest BCUT2D eigenvalue weighted by atomic mass is 16.2. The summed E-state index contributed by atoms with van der Waals surface area (Å²) in [4.78, 5) is 25.2. The number of urea groups is 1. The van der Waals surface area contributed by atoms with Crippen LogP contribution in [0.1, 0.15) is 30.6 Å². The molecule has 2 N–H and O–H groups in total. The van der Waals surface area contributed by atoms with Crippen molar-refractivity contribution in [2.24, 2.45) is 0 Å². The van der Waals surface area contributed by atoms with Crippen LogP contribution in [0, 0.1) is 0 Å². The largest absolute Gasteiger partial charge is 0.345 e. The molecule has 5 nitrogen and oxygen atoms in total. The first-order valence-electron chi connectivity index (χ1n) is 6.34. The number of nitrogens with zero attached hydrogens (tertiary/aromatic N) is 1. The third-order valence-corrected chi connectivity index (χ3v) is 2.80. The molecule has 0 unspecified atom stereocenters. The molecule has 1 aromatic rings. The smallest absolute Gasteiger partial charge is 0.319 e. The van der Waals surface area contributed by atoms with Crippen LogP contribution in [0.15, 0.2) is 24.3 Å². The Bertz CT molecular complexity index is 458. The van der Waals surface area contributed by atoms with Crippen LogP contribution in [-0.2, 0) is 0 Å². The average molecular weight is 263 g/mol. The van der Waals surface area contributed by atoms with Gasteiger partial charge in [-0.25, -0.2) is 4.79 Å². The van der Waals surface area contributed by atoms with Crippen LogP contribution < -0.4 is 10.6 Å². The van der Waals surface area contributed by atoms with Gasteiger partial charge in [0.15, 0.2) is 0 Å². The van der Waals surface area contributed by atoms with E-state index in [1.54, 1.807) is 38.4 Å². The van der Waals surface area contributed by atoms with E-state index in [1.165, 1.54) is 4.90 Å². The molecular weight excluding hydrogens is 242 g/mol. The SMILES string of the molecule is CC[C@@H](C)NC(=O)Nc1ccccc1C(=O)N(C)C. The van der Waals surface area contributed by atoms with E-state index >= 15 is 0 Å². The zero-order valence-electron chi connectivity index (χ0n) is 11.9. The molecule has 0 saturated heterocycles. The highest BCUT2D eigenvalue weighted by Gasteiger charge is 2.14. The Morgan fingerprint density at radius 1 is 1.26 bits per heavy atom. The summed E-state index contributed by atoms with van der Waals surface area (Å²) < 4.78 is 0. The van der Waals surface area contributed by atoms with Gasteiger partial charge >= 0.3 is 6.03 Å². The average Bonchev–Trinajstić information content (AvgIpc) is 2.38. The number of carbonyl (C=O) groups excluding carboxylic acids is 2. The zero-order valence-corrected chi connectivity index (χ0v) is 11.9. The molecule has 0 aliphatic rings. The maximum absolute atomic E-state index is 12.0. The maximum Gasteiger partial charge on any atom is 0.319 e. The van der Waals surface area contributed by atoms with Gasteiger partial charge in [-0.1, -0.05) is 19.1 Å². The molecule has 0 spiro atoms. The Hall–Kier alpha value is -2.04. The van der Waals surface area contributed by atoms with E-state index in [0.29, 0.717) is 11.3 Å². The summed E-state index contributed by atoms with van der Waals surface area (Å²) in [5, 5.41) is 5.51. The van der Waals surface area contributed by atoms with E-state index in [2.05, 4.69) is 10.6 Å². The second-order valence-electron chi connectivity index (χ2n) is 4.65. The predicted molar refractivity (Wildman–Crippen MR) is 76.4 cm³/mol. The summed E-state index contributed by atoms with van der Waals surface area (Å²) in [6.07, 6.45) is 0.853. The van der Waals surface area contributed by atoms with Crippen molar-refractivity contribution in [3.8, 4) is 0 Å². The summed E-state index contributed by atoms with van der Waals surface area (Å²) >= 11 is 0. The van der Waals surface area contributed by atoms with Gasteiger partial charge in [-0.2, -0.15) is 0 Å². The fourth-order valence-corrected chi connectivity index (χ4v) is 1.50. The minimum absolute atomic E-state index is 0.0942. The molecule has 1 rings (SSSR count). The first-order valence-corrected chi connectivity index (χ1v) is 6.34. The standard InChI is InChI=1S/C14H21N3O2/c1-5-10(2)15-14(19)16-12-9-7-6-8-11(12)13(18)17(3)4/h6-10H,5H2,1-4H3,(H2,15,16,19)/t10-/m1/s1. The summed E-state index contributed by atoms with van der Waals surface area (Å²) in [5.74, 6) is -0.139. The first-order chi connectivity index (χ1) is 8.95. The molecule has 19 heavy (non-hydrogen) atoms. The molecule has 0 aliphatic carbocycles.